The van der Waals surface area contributed by atoms with Crippen LogP contribution in [0.3, 0.4) is 0 Å². The minimum Gasteiger partial charge on any atom is -0.348 e. The van der Waals surface area contributed by atoms with Crippen molar-refractivity contribution in [2.24, 2.45) is 0 Å². The zero-order valence-electron chi connectivity index (χ0n) is 12.8. The quantitative estimate of drug-likeness (QED) is 0.735. The van der Waals surface area contributed by atoms with Crippen LogP contribution in [0.25, 0.3) is 11.4 Å². The number of rotatable bonds is 4. The predicted molar refractivity (Wildman–Crippen MR) is 83.8 cm³/mol. The first-order valence-corrected chi connectivity index (χ1v) is 7.46. The first-order valence-electron chi connectivity index (χ1n) is 7.09. The molecule has 2 aromatic heterocycles. The fourth-order valence-electron chi connectivity index (χ4n) is 2.07. The summed E-state index contributed by atoms with van der Waals surface area (Å²) in [5.41, 5.74) is 1.07. The summed E-state index contributed by atoms with van der Waals surface area (Å²) in [5.74, 6) is -1.37. The number of benzene rings is 1. The predicted octanol–water partition coefficient (Wildman–Crippen LogP) is 4.37. The van der Waals surface area contributed by atoms with Gasteiger partial charge in [0.15, 0.2) is 0 Å². The molecule has 0 bridgehead atoms. The highest BCUT2D eigenvalue weighted by molar-refractivity contribution is 6.31. The van der Waals surface area contributed by atoms with Gasteiger partial charge in [-0.05, 0) is 18.6 Å². The number of alkyl halides is 3. The van der Waals surface area contributed by atoms with Gasteiger partial charge in [0.1, 0.15) is 0 Å². The lowest BCUT2D eigenvalue weighted by molar-refractivity contribution is -0.159. The lowest BCUT2D eigenvalue weighted by Crippen LogP contribution is -2.09. The number of halogens is 4. The summed E-state index contributed by atoms with van der Waals surface area (Å²) in [5, 5.41) is 6.94. The Hall–Kier alpha value is -2.68. The van der Waals surface area contributed by atoms with Crippen molar-refractivity contribution in [3.8, 4) is 11.4 Å². The Morgan fingerprint density at radius 1 is 1.16 bits per heavy atom. The van der Waals surface area contributed by atoms with Crippen LogP contribution in [-0.2, 0) is 6.18 Å². The van der Waals surface area contributed by atoms with Crippen LogP contribution in [0.15, 0.2) is 41.2 Å². The van der Waals surface area contributed by atoms with Crippen molar-refractivity contribution < 1.29 is 17.7 Å². The van der Waals surface area contributed by atoms with Crippen molar-refractivity contribution >= 4 is 17.5 Å². The minimum absolute atomic E-state index is 0.165. The van der Waals surface area contributed by atoms with Crippen LogP contribution in [0.5, 0.6) is 0 Å². The summed E-state index contributed by atoms with van der Waals surface area (Å²) in [6.07, 6.45) is -2.09. The third-order valence-corrected chi connectivity index (χ3v) is 3.64. The number of aromatic nitrogens is 4. The van der Waals surface area contributed by atoms with E-state index in [1.165, 1.54) is 12.4 Å². The summed E-state index contributed by atoms with van der Waals surface area (Å²) in [6.45, 7) is 1.88. The van der Waals surface area contributed by atoms with Gasteiger partial charge in [0, 0.05) is 17.4 Å². The van der Waals surface area contributed by atoms with Crippen molar-refractivity contribution in [2.45, 2.75) is 19.1 Å². The molecule has 0 aliphatic carbocycles. The summed E-state index contributed by atoms with van der Waals surface area (Å²) in [4.78, 5) is 11.4. The average Bonchev–Trinajstić information content (AvgIpc) is 3.06. The molecule has 0 fully saturated rings. The second kappa shape index (κ2) is 6.67. The van der Waals surface area contributed by atoms with Gasteiger partial charge in [-0.2, -0.15) is 18.2 Å². The Morgan fingerprint density at radius 3 is 2.44 bits per heavy atom. The maximum absolute atomic E-state index is 12.5. The van der Waals surface area contributed by atoms with Crippen LogP contribution < -0.4 is 5.32 Å². The molecule has 0 saturated heterocycles. The summed E-state index contributed by atoms with van der Waals surface area (Å²) < 4.78 is 41.6. The van der Waals surface area contributed by atoms with Crippen LogP contribution in [-0.4, -0.2) is 20.1 Å². The van der Waals surface area contributed by atoms with E-state index in [0.29, 0.717) is 5.02 Å². The van der Waals surface area contributed by atoms with Crippen LogP contribution in [0, 0.1) is 0 Å². The van der Waals surface area contributed by atoms with Crippen molar-refractivity contribution in [3.63, 3.8) is 0 Å². The first kappa shape index (κ1) is 17.2. The van der Waals surface area contributed by atoms with Crippen LogP contribution >= 0.6 is 11.6 Å². The fourth-order valence-corrected chi connectivity index (χ4v) is 2.37. The van der Waals surface area contributed by atoms with E-state index >= 15 is 0 Å². The summed E-state index contributed by atoms with van der Waals surface area (Å²) in [6, 6.07) is 7.16. The Balaban J connectivity index is 1.74. The van der Waals surface area contributed by atoms with Gasteiger partial charge < -0.3 is 9.84 Å². The topological polar surface area (TPSA) is 76.7 Å². The van der Waals surface area contributed by atoms with E-state index in [1.807, 2.05) is 25.1 Å². The third-order valence-electron chi connectivity index (χ3n) is 3.30. The molecule has 2 heterocycles. The molecule has 1 N–H and O–H groups in total. The zero-order valence-corrected chi connectivity index (χ0v) is 13.5. The minimum atomic E-state index is -4.70. The molecule has 1 atom stereocenters. The van der Waals surface area contributed by atoms with E-state index in [2.05, 4.69) is 29.9 Å². The normalized spacial score (nSPS) is 12.8. The van der Waals surface area contributed by atoms with Gasteiger partial charge >= 0.3 is 12.1 Å². The molecule has 25 heavy (non-hydrogen) atoms. The smallest absolute Gasteiger partial charge is 0.348 e. The van der Waals surface area contributed by atoms with Crippen molar-refractivity contribution in [1.82, 2.24) is 20.1 Å². The SMILES string of the molecule is CC(Nc1ncc(-c2noc(C(F)(F)F)n2)cn1)c1ccccc1Cl. The number of nitrogens with zero attached hydrogens (tertiary/aromatic N) is 4. The second-order valence-corrected chi connectivity index (χ2v) is 5.51. The molecule has 3 rings (SSSR count). The van der Waals surface area contributed by atoms with Crippen molar-refractivity contribution in [2.75, 3.05) is 5.32 Å². The lowest BCUT2D eigenvalue weighted by atomic mass is 10.1. The lowest BCUT2D eigenvalue weighted by Gasteiger charge is -2.15. The molecule has 0 aliphatic rings. The van der Waals surface area contributed by atoms with Crippen LogP contribution in [0.1, 0.15) is 24.4 Å². The molecule has 10 heteroatoms. The first-order chi connectivity index (χ1) is 11.8. The number of anilines is 1. The molecule has 0 radical (unpaired) electrons. The second-order valence-electron chi connectivity index (χ2n) is 5.10. The standard InChI is InChI=1S/C15H11ClF3N5O/c1-8(10-4-2-3-5-11(10)16)22-14-20-6-9(7-21-14)12-23-13(25-24-12)15(17,18)19/h2-8H,1H3,(H,20,21,22). The van der Waals surface area contributed by atoms with Crippen LogP contribution in [0.2, 0.25) is 5.02 Å². The molecule has 0 amide bonds. The van der Waals surface area contributed by atoms with Gasteiger partial charge in [0.25, 0.3) is 0 Å². The number of hydrogen-bond acceptors (Lipinski definition) is 6. The van der Waals surface area contributed by atoms with E-state index in [9.17, 15) is 13.2 Å². The Kier molecular flexibility index (Phi) is 4.58. The molecule has 130 valence electrons. The van der Waals surface area contributed by atoms with Gasteiger partial charge in [-0.1, -0.05) is 35.0 Å². The Morgan fingerprint density at radius 2 is 1.84 bits per heavy atom. The Labute approximate surface area is 145 Å². The van der Waals surface area contributed by atoms with Gasteiger partial charge in [0.05, 0.1) is 11.6 Å². The zero-order chi connectivity index (χ0) is 18.0. The maximum Gasteiger partial charge on any atom is 0.471 e. The number of nitrogens with one attached hydrogen (secondary N) is 1. The molecule has 0 saturated carbocycles. The number of hydrogen-bond donors (Lipinski definition) is 1. The molecule has 6 nitrogen and oxygen atoms in total. The van der Waals surface area contributed by atoms with E-state index in [-0.39, 0.29) is 23.4 Å². The van der Waals surface area contributed by atoms with Gasteiger partial charge in [-0.25, -0.2) is 9.97 Å². The van der Waals surface area contributed by atoms with E-state index in [1.54, 1.807) is 6.07 Å². The summed E-state index contributed by atoms with van der Waals surface area (Å²) in [7, 11) is 0. The monoisotopic (exact) mass is 369 g/mol. The average molecular weight is 370 g/mol. The molecular weight excluding hydrogens is 359 g/mol. The largest absolute Gasteiger partial charge is 0.471 e. The fraction of sp³-hybridized carbons (Fsp3) is 0.200. The molecule has 3 aromatic rings. The maximum atomic E-state index is 12.5. The summed E-state index contributed by atoms with van der Waals surface area (Å²) >= 11 is 6.13. The molecule has 1 unspecified atom stereocenters. The van der Waals surface area contributed by atoms with Gasteiger partial charge in [-0.15, -0.1) is 0 Å². The van der Waals surface area contributed by atoms with Crippen LogP contribution in [0.4, 0.5) is 19.1 Å². The van der Waals surface area contributed by atoms with Gasteiger partial charge in [0.2, 0.25) is 11.8 Å². The molecule has 0 aliphatic heterocycles. The molecular formula is C15H11ClF3N5O. The van der Waals surface area contributed by atoms with Gasteiger partial charge in [-0.3, -0.25) is 0 Å². The third kappa shape index (κ3) is 3.87. The highest BCUT2D eigenvalue weighted by atomic mass is 35.5. The highest BCUT2D eigenvalue weighted by Gasteiger charge is 2.38. The highest BCUT2D eigenvalue weighted by Crippen LogP contribution is 2.29. The van der Waals surface area contributed by atoms with Crippen molar-refractivity contribution in [1.29, 1.82) is 0 Å². The van der Waals surface area contributed by atoms with E-state index in [4.69, 9.17) is 11.6 Å². The molecule has 0 spiro atoms. The van der Waals surface area contributed by atoms with Crippen molar-refractivity contribution in [3.05, 3.63) is 53.1 Å². The Bertz CT molecular complexity index is 866. The van der Waals surface area contributed by atoms with E-state index < -0.39 is 12.1 Å². The van der Waals surface area contributed by atoms with E-state index in [0.717, 1.165) is 5.56 Å². The molecule has 1 aromatic carbocycles.